The van der Waals surface area contributed by atoms with E-state index in [0.717, 1.165) is 23.3 Å². The van der Waals surface area contributed by atoms with Gasteiger partial charge >= 0.3 is 0 Å². The summed E-state index contributed by atoms with van der Waals surface area (Å²) in [6, 6.07) is 6.05. The van der Waals surface area contributed by atoms with Crippen molar-refractivity contribution in [1.29, 1.82) is 0 Å². The fourth-order valence-corrected chi connectivity index (χ4v) is 1.84. The Hall–Kier alpha value is -1.58. The molecule has 0 bridgehead atoms. The molecular weight excluding hydrogens is 200 g/mol. The van der Waals surface area contributed by atoms with Crippen molar-refractivity contribution in [3.05, 3.63) is 18.2 Å². The minimum absolute atomic E-state index is 0.706. The topological polar surface area (TPSA) is 53.6 Å². The number of fused-ring (bicyclic) bond motifs is 1. The first-order valence-electron chi connectivity index (χ1n) is 5.84. The SMILES string of the molecule is CCCC(C)CNc1ccc2n[nH]nc2c1. The molecule has 2 rings (SSSR count). The summed E-state index contributed by atoms with van der Waals surface area (Å²) in [4.78, 5) is 0. The monoisotopic (exact) mass is 218 g/mol. The molecule has 2 aromatic rings. The van der Waals surface area contributed by atoms with Crippen LogP contribution in [0.3, 0.4) is 0 Å². The van der Waals surface area contributed by atoms with Gasteiger partial charge in [0.05, 0.1) is 0 Å². The van der Waals surface area contributed by atoms with E-state index >= 15 is 0 Å². The Morgan fingerprint density at radius 3 is 2.94 bits per heavy atom. The smallest absolute Gasteiger partial charge is 0.115 e. The molecule has 1 unspecified atom stereocenters. The second-order valence-electron chi connectivity index (χ2n) is 4.30. The highest BCUT2D eigenvalue weighted by Gasteiger charge is 2.02. The van der Waals surface area contributed by atoms with Gasteiger partial charge in [-0.15, -0.1) is 0 Å². The third-order valence-electron chi connectivity index (χ3n) is 2.75. The zero-order valence-electron chi connectivity index (χ0n) is 9.83. The lowest BCUT2D eigenvalue weighted by molar-refractivity contribution is 0.551. The molecule has 0 aliphatic rings. The van der Waals surface area contributed by atoms with E-state index in [0.29, 0.717) is 5.92 Å². The molecule has 4 heteroatoms. The van der Waals surface area contributed by atoms with Crippen molar-refractivity contribution in [1.82, 2.24) is 15.4 Å². The molecule has 2 N–H and O–H groups in total. The summed E-state index contributed by atoms with van der Waals surface area (Å²) in [5.41, 5.74) is 2.93. The molecule has 1 aromatic heterocycles. The van der Waals surface area contributed by atoms with Crippen LogP contribution in [0.15, 0.2) is 18.2 Å². The maximum atomic E-state index is 4.07. The zero-order chi connectivity index (χ0) is 11.4. The van der Waals surface area contributed by atoms with Gasteiger partial charge in [-0.1, -0.05) is 20.3 Å². The summed E-state index contributed by atoms with van der Waals surface area (Å²) in [5, 5.41) is 14.1. The quantitative estimate of drug-likeness (QED) is 0.811. The van der Waals surface area contributed by atoms with Crippen molar-refractivity contribution in [2.75, 3.05) is 11.9 Å². The van der Waals surface area contributed by atoms with Crippen LogP contribution in [0.2, 0.25) is 0 Å². The Morgan fingerprint density at radius 2 is 2.12 bits per heavy atom. The van der Waals surface area contributed by atoms with Gasteiger partial charge in [-0.05, 0) is 30.5 Å². The number of nitrogens with zero attached hydrogens (tertiary/aromatic N) is 2. The fourth-order valence-electron chi connectivity index (χ4n) is 1.84. The second-order valence-corrected chi connectivity index (χ2v) is 4.30. The third-order valence-corrected chi connectivity index (χ3v) is 2.75. The summed E-state index contributed by atoms with van der Waals surface area (Å²) < 4.78 is 0. The van der Waals surface area contributed by atoms with Crippen LogP contribution in [0, 0.1) is 5.92 Å². The van der Waals surface area contributed by atoms with E-state index in [-0.39, 0.29) is 0 Å². The average molecular weight is 218 g/mol. The van der Waals surface area contributed by atoms with Crippen molar-refractivity contribution in [3.8, 4) is 0 Å². The maximum absolute atomic E-state index is 4.07. The maximum Gasteiger partial charge on any atom is 0.115 e. The summed E-state index contributed by atoms with van der Waals surface area (Å²) in [5.74, 6) is 0.706. The molecule has 1 heterocycles. The van der Waals surface area contributed by atoms with Crippen molar-refractivity contribution in [3.63, 3.8) is 0 Å². The fraction of sp³-hybridized carbons (Fsp3) is 0.500. The largest absolute Gasteiger partial charge is 0.385 e. The summed E-state index contributed by atoms with van der Waals surface area (Å²) in [7, 11) is 0. The molecule has 16 heavy (non-hydrogen) atoms. The first kappa shape index (κ1) is 10.9. The first-order chi connectivity index (χ1) is 7.79. The number of benzene rings is 1. The lowest BCUT2D eigenvalue weighted by Gasteiger charge is -2.12. The van der Waals surface area contributed by atoms with Gasteiger partial charge in [-0.25, -0.2) is 0 Å². The third kappa shape index (κ3) is 2.51. The van der Waals surface area contributed by atoms with E-state index in [1.807, 2.05) is 18.2 Å². The minimum Gasteiger partial charge on any atom is -0.385 e. The van der Waals surface area contributed by atoms with Crippen LogP contribution in [0.25, 0.3) is 11.0 Å². The predicted octanol–water partition coefficient (Wildman–Crippen LogP) is 2.81. The average Bonchev–Trinajstić information content (AvgIpc) is 2.74. The molecule has 0 spiro atoms. The zero-order valence-corrected chi connectivity index (χ0v) is 9.83. The first-order valence-corrected chi connectivity index (χ1v) is 5.84. The van der Waals surface area contributed by atoms with Crippen LogP contribution < -0.4 is 5.32 Å². The van der Waals surface area contributed by atoms with Gasteiger partial charge in [0.25, 0.3) is 0 Å². The van der Waals surface area contributed by atoms with E-state index < -0.39 is 0 Å². The normalized spacial score (nSPS) is 12.9. The van der Waals surface area contributed by atoms with Gasteiger partial charge in [-0.2, -0.15) is 15.4 Å². The van der Waals surface area contributed by atoms with Crippen molar-refractivity contribution in [2.24, 2.45) is 5.92 Å². The number of hydrogen-bond donors (Lipinski definition) is 2. The standard InChI is InChI=1S/C12H18N4/c1-3-4-9(2)8-13-10-5-6-11-12(7-10)15-16-14-11/h5-7,9,13H,3-4,8H2,1-2H3,(H,14,15,16). The molecule has 0 aliphatic heterocycles. The van der Waals surface area contributed by atoms with Gasteiger partial charge in [-0.3, -0.25) is 0 Å². The van der Waals surface area contributed by atoms with Crippen molar-refractivity contribution < 1.29 is 0 Å². The Morgan fingerprint density at radius 1 is 1.31 bits per heavy atom. The van der Waals surface area contributed by atoms with Crippen molar-refractivity contribution in [2.45, 2.75) is 26.7 Å². The molecule has 86 valence electrons. The summed E-state index contributed by atoms with van der Waals surface area (Å²) >= 11 is 0. The van der Waals surface area contributed by atoms with Gasteiger partial charge in [0, 0.05) is 12.2 Å². The molecule has 0 fully saturated rings. The highest BCUT2D eigenvalue weighted by atomic mass is 15.3. The van der Waals surface area contributed by atoms with Crippen LogP contribution in [-0.4, -0.2) is 22.0 Å². The number of aromatic amines is 1. The minimum atomic E-state index is 0.706. The summed E-state index contributed by atoms with van der Waals surface area (Å²) in [6.07, 6.45) is 2.50. The number of hydrogen-bond acceptors (Lipinski definition) is 3. The molecule has 0 amide bonds. The van der Waals surface area contributed by atoms with Crippen LogP contribution in [0.5, 0.6) is 0 Å². The Kier molecular flexibility index (Phi) is 3.39. The molecule has 1 aromatic carbocycles. The lowest BCUT2D eigenvalue weighted by atomic mass is 10.1. The van der Waals surface area contributed by atoms with Gasteiger partial charge in [0.1, 0.15) is 11.0 Å². The van der Waals surface area contributed by atoms with E-state index in [4.69, 9.17) is 0 Å². The molecule has 1 atom stereocenters. The summed E-state index contributed by atoms with van der Waals surface area (Å²) in [6.45, 7) is 5.50. The molecule has 0 radical (unpaired) electrons. The van der Waals surface area contributed by atoms with Gasteiger partial charge in [0.15, 0.2) is 0 Å². The van der Waals surface area contributed by atoms with Crippen LogP contribution in [-0.2, 0) is 0 Å². The van der Waals surface area contributed by atoms with Crippen LogP contribution in [0.1, 0.15) is 26.7 Å². The molecule has 4 nitrogen and oxygen atoms in total. The Balaban J connectivity index is 1.98. The lowest BCUT2D eigenvalue weighted by Crippen LogP contribution is -2.10. The van der Waals surface area contributed by atoms with Crippen molar-refractivity contribution >= 4 is 16.7 Å². The van der Waals surface area contributed by atoms with E-state index in [1.54, 1.807) is 0 Å². The number of nitrogens with one attached hydrogen (secondary N) is 2. The van der Waals surface area contributed by atoms with Crippen LogP contribution >= 0.6 is 0 Å². The Bertz CT molecular complexity index is 449. The van der Waals surface area contributed by atoms with Crippen LogP contribution in [0.4, 0.5) is 5.69 Å². The highest BCUT2D eigenvalue weighted by molar-refractivity contribution is 5.77. The molecule has 0 saturated carbocycles. The molecule has 0 saturated heterocycles. The van der Waals surface area contributed by atoms with Gasteiger partial charge in [0.2, 0.25) is 0 Å². The molecule has 0 aliphatic carbocycles. The number of anilines is 1. The van der Waals surface area contributed by atoms with E-state index in [1.165, 1.54) is 12.8 Å². The van der Waals surface area contributed by atoms with E-state index in [2.05, 4.69) is 34.6 Å². The predicted molar refractivity (Wildman–Crippen MR) is 66.5 cm³/mol. The number of rotatable bonds is 5. The highest BCUT2D eigenvalue weighted by Crippen LogP contribution is 2.15. The van der Waals surface area contributed by atoms with Gasteiger partial charge < -0.3 is 5.32 Å². The number of H-pyrrole nitrogens is 1. The Labute approximate surface area is 95.4 Å². The van der Waals surface area contributed by atoms with E-state index in [9.17, 15) is 0 Å². The number of aromatic nitrogens is 3. The molecular formula is C12H18N4. The second kappa shape index (κ2) is 4.96.